The van der Waals surface area contributed by atoms with Gasteiger partial charge in [0.05, 0.1) is 0 Å². The summed E-state index contributed by atoms with van der Waals surface area (Å²) in [6.07, 6.45) is 5.80. The standard InChI is InChI=1S/C17H27N3O2/c1-17(2,3)22-16(21)20-10-4-5-14(12-20)7-6-13-8-9-19-15(18)11-13/h8-9,11,14H,4-7,10,12H2,1-3H3,(H2,18,19). The van der Waals surface area contributed by atoms with Crippen LogP contribution in [0, 0.1) is 5.92 Å². The average molecular weight is 305 g/mol. The lowest BCUT2D eigenvalue weighted by Crippen LogP contribution is -2.42. The Bertz CT molecular complexity index is 511. The van der Waals surface area contributed by atoms with Gasteiger partial charge in [0, 0.05) is 19.3 Å². The second kappa shape index (κ2) is 6.99. The number of hydrogen-bond acceptors (Lipinski definition) is 4. The number of nitrogens with zero attached hydrogens (tertiary/aromatic N) is 2. The summed E-state index contributed by atoms with van der Waals surface area (Å²) in [5.41, 5.74) is 6.49. The molecule has 0 saturated carbocycles. The predicted molar refractivity (Wildman–Crippen MR) is 87.5 cm³/mol. The van der Waals surface area contributed by atoms with Crippen molar-refractivity contribution in [2.24, 2.45) is 5.92 Å². The molecule has 22 heavy (non-hydrogen) atoms. The number of hydrogen-bond donors (Lipinski definition) is 1. The van der Waals surface area contributed by atoms with E-state index in [-0.39, 0.29) is 6.09 Å². The summed E-state index contributed by atoms with van der Waals surface area (Å²) >= 11 is 0. The van der Waals surface area contributed by atoms with Gasteiger partial charge >= 0.3 is 6.09 Å². The van der Waals surface area contributed by atoms with Crippen LogP contribution in [0.25, 0.3) is 0 Å². The van der Waals surface area contributed by atoms with E-state index in [0.29, 0.717) is 11.7 Å². The molecule has 2 N–H and O–H groups in total. The number of rotatable bonds is 3. The lowest BCUT2D eigenvalue weighted by atomic mass is 9.92. The minimum Gasteiger partial charge on any atom is -0.444 e. The SMILES string of the molecule is CC(C)(C)OC(=O)N1CCCC(CCc2ccnc(N)c2)C1. The van der Waals surface area contributed by atoms with Gasteiger partial charge in [0.1, 0.15) is 11.4 Å². The Hall–Kier alpha value is -1.78. The number of carbonyl (C=O) groups is 1. The Morgan fingerprint density at radius 2 is 2.27 bits per heavy atom. The lowest BCUT2D eigenvalue weighted by Gasteiger charge is -2.34. The van der Waals surface area contributed by atoms with Crippen molar-refractivity contribution in [2.45, 2.75) is 52.1 Å². The van der Waals surface area contributed by atoms with Crippen LogP contribution in [0.1, 0.15) is 45.6 Å². The number of ether oxygens (including phenoxy) is 1. The number of carbonyl (C=O) groups excluding carboxylic acids is 1. The minimum absolute atomic E-state index is 0.189. The van der Waals surface area contributed by atoms with Crippen molar-refractivity contribution in [2.75, 3.05) is 18.8 Å². The van der Waals surface area contributed by atoms with Crippen LogP contribution in [-0.2, 0) is 11.2 Å². The normalized spacial score (nSPS) is 19.0. The second-order valence-electron chi connectivity index (χ2n) is 7.06. The molecular weight excluding hydrogens is 278 g/mol. The van der Waals surface area contributed by atoms with Crippen molar-refractivity contribution in [1.82, 2.24) is 9.88 Å². The summed E-state index contributed by atoms with van der Waals surface area (Å²) in [6, 6.07) is 3.93. The topological polar surface area (TPSA) is 68.5 Å². The Kier molecular flexibility index (Phi) is 5.27. The molecule has 1 atom stereocenters. The molecule has 1 aliphatic rings. The molecule has 0 bridgehead atoms. The van der Waals surface area contributed by atoms with Gasteiger partial charge in [-0.3, -0.25) is 0 Å². The summed E-state index contributed by atoms with van der Waals surface area (Å²) in [4.78, 5) is 18.0. The van der Waals surface area contributed by atoms with Crippen molar-refractivity contribution < 1.29 is 9.53 Å². The van der Waals surface area contributed by atoms with Crippen molar-refractivity contribution in [1.29, 1.82) is 0 Å². The van der Waals surface area contributed by atoms with E-state index < -0.39 is 5.60 Å². The monoisotopic (exact) mass is 305 g/mol. The zero-order valence-electron chi connectivity index (χ0n) is 13.8. The summed E-state index contributed by atoms with van der Waals surface area (Å²) in [5, 5.41) is 0. The van der Waals surface area contributed by atoms with E-state index in [1.54, 1.807) is 6.20 Å². The number of likely N-dealkylation sites (tertiary alicyclic amines) is 1. The first-order valence-corrected chi connectivity index (χ1v) is 8.02. The summed E-state index contributed by atoms with van der Waals surface area (Å²) < 4.78 is 5.47. The summed E-state index contributed by atoms with van der Waals surface area (Å²) in [7, 11) is 0. The quantitative estimate of drug-likeness (QED) is 0.930. The molecule has 0 aromatic carbocycles. The van der Waals surface area contributed by atoms with E-state index in [9.17, 15) is 4.79 Å². The number of nitrogens with two attached hydrogens (primary N) is 1. The van der Waals surface area contributed by atoms with Gasteiger partial charge in [-0.1, -0.05) is 0 Å². The van der Waals surface area contributed by atoms with Crippen molar-refractivity contribution in [3.63, 3.8) is 0 Å². The number of amides is 1. The van der Waals surface area contributed by atoms with E-state index in [1.165, 1.54) is 12.0 Å². The fourth-order valence-electron chi connectivity index (χ4n) is 2.81. The first-order valence-electron chi connectivity index (χ1n) is 8.02. The highest BCUT2D eigenvalue weighted by atomic mass is 16.6. The van der Waals surface area contributed by atoms with Gasteiger partial charge in [-0.2, -0.15) is 0 Å². The lowest BCUT2D eigenvalue weighted by molar-refractivity contribution is 0.0162. The average Bonchev–Trinajstić information content (AvgIpc) is 2.44. The number of anilines is 1. The van der Waals surface area contributed by atoms with E-state index >= 15 is 0 Å². The Balaban J connectivity index is 1.84. The number of piperidine rings is 1. The second-order valence-corrected chi connectivity index (χ2v) is 7.06. The molecule has 2 rings (SSSR count). The molecule has 5 heteroatoms. The number of aryl methyl sites for hydroxylation is 1. The summed E-state index contributed by atoms with van der Waals surface area (Å²) in [6.45, 7) is 7.30. The van der Waals surface area contributed by atoms with E-state index in [2.05, 4.69) is 4.98 Å². The van der Waals surface area contributed by atoms with Gasteiger partial charge in [0.15, 0.2) is 0 Å². The maximum absolute atomic E-state index is 12.2. The number of pyridine rings is 1. The van der Waals surface area contributed by atoms with Crippen LogP contribution in [0.5, 0.6) is 0 Å². The molecule has 122 valence electrons. The van der Waals surface area contributed by atoms with Crippen LogP contribution < -0.4 is 5.73 Å². The fourth-order valence-corrected chi connectivity index (χ4v) is 2.81. The van der Waals surface area contributed by atoms with Crippen molar-refractivity contribution >= 4 is 11.9 Å². The molecular formula is C17H27N3O2. The Morgan fingerprint density at radius 3 is 2.95 bits per heavy atom. The predicted octanol–water partition coefficient (Wildman–Crippen LogP) is 3.24. The Labute approximate surface area is 132 Å². The van der Waals surface area contributed by atoms with E-state index in [1.807, 2.05) is 37.8 Å². The van der Waals surface area contributed by atoms with Gasteiger partial charge in [-0.15, -0.1) is 0 Å². The van der Waals surface area contributed by atoms with Crippen LogP contribution >= 0.6 is 0 Å². The highest BCUT2D eigenvalue weighted by Gasteiger charge is 2.27. The number of aromatic nitrogens is 1. The molecule has 1 aliphatic heterocycles. The molecule has 0 aliphatic carbocycles. The largest absolute Gasteiger partial charge is 0.444 e. The van der Waals surface area contributed by atoms with Crippen molar-refractivity contribution in [3.05, 3.63) is 23.9 Å². The van der Waals surface area contributed by atoms with Crippen molar-refractivity contribution in [3.8, 4) is 0 Å². The minimum atomic E-state index is -0.432. The highest BCUT2D eigenvalue weighted by Crippen LogP contribution is 2.23. The third kappa shape index (κ3) is 5.20. The molecule has 0 spiro atoms. The first-order chi connectivity index (χ1) is 10.3. The van der Waals surface area contributed by atoms with Gasteiger partial charge in [0.2, 0.25) is 0 Å². The molecule has 1 saturated heterocycles. The summed E-state index contributed by atoms with van der Waals surface area (Å²) in [5.74, 6) is 1.09. The number of nitrogen functional groups attached to an aromatic ring is 1. The maximum Gasteiger partial charge on any atom is 0.410 e. The molecule has 1 aromatic heterocycles. The molecule has 1 unspecified atom stereocenters. The van der Waals surface area contributed by atoms with Gasteiger partial charge in [-0.25, -0.2) is 9.78 Å². The highest BCUT2D eigenvalue weighted by molar-refractivity contribution is 5.68. The molecule has 2 heterocycles. The molecule has 1 fully saturated rings. The molecule has 0 radical (unpaired) electrons. The molecule has 1 aromatic rings. The van der Waals surface area contributed by atoms with Crippen LogP contribution in [-0.4, -0.2) is 34.7 Å². The van der Waals surface area contributed by atoms with Gasteiger partial charge in [0.25, 0.3) is 0 Å². The zero-order chi connectivity index (χ0) is 16.2. The van der Waals surface area contributed by atoms with Gasteiger partial charge in [-0.05, 0) is 70.1 Å². The van der Waals surface area contributed by atoms with Crippen LogP contribution in [0.4, 0.5) is 10.6 Å². The zero-order valence-corrected chi connectivity index (χ0v) is 13.8. The Morgan fingerprint density at radius 1 is 1.50 bits per heavy atom. The van der Waals surface area contributed by atoms with Crippen LogP contribution in [0.2, 0.25) is 0 Å². The fraction of sp³-hybridized carbons (Fsp3) is 0.647. The third-order valence-electron chi connectivity index (χ3n) is 3.86. The van der Waals surface area contributed by atoms with Gasteiger partial charge < -0.3 is 15.4 Å². The maximum atomic E-state index is 12.2. The molecule has 5 nitrogen and oxygen atoms in total. The van der Waals surface area contributed by atoms with E-state index in [4.69, 9.17) is 10.5 Å². The van der Waals surface area contributed by atoms with Crippen LogP contribution in [0.3, 0.4) is 0 Å². The molecule has 1 amide bonds. The third-order valence-corrected chi connectivity index (χ3v) is 3.86. The van der Waals surface area contributed by atoms with Crippen LogP contribution in [0.15, 0.2) is 18.3 Å². The van der Waals surface area contributed by atoms with E-state index in [0.717, 1.165) is 32.4 Å². The first kappa shape index (κ1) is 16.6. The smallest absolute Gasteiger partial charge is 0.410 e.